The fraction of sp³-hybridized carbons (Fsp3) is 0.893. The molecule has 0 radical (unpaired) electrons. The lowest BCUT2D eigenvalue weighted by molar-refractivity contribution is -0.179. The number of carbonyl (C=O) groups excluding carboxylic acids is 1. The van der Waals surface area contributed by atoms with E-state index in [1.807, 2.05) is 20.8 Å². The first-order valence-electron chi connectivity index (χ1n) is 13.4. The van der Waals surface area contributed by atoms with Gasteiger partial charge in [-0.2, -0.15) is 0 Å². The number of hydrogen-bond acceptors (Lipinski definition) is 7. The first-order chi connectivity index (χ1) is 15.9. The normalized spacial score (nSPS) is 47.1. The number of carbonyl (C=O) groups is 1. The van der Waals surface area contributed by atoms with Gasteiger partial charge in [-0.1, -0.05) is 20.8 Å². The summed E-state index contributed by atoms with van der Waals surface area (Å²) < 4.78 is 0. The summed E-state index contributed by atoms with van der Waals surface area (Å²) in [4.78, 5) is 13.3. The maximum atomic E-state index is 13.3. The Labute approximate surface area is 209 Å². The average Bonchev–Trinajstić information content (AvgIpc) is 3.01. The van der Waals surface area contributed by atoms with Crippen molar-refractivity contribution in [3.63, 3.8) is 0 Å². The van der Waals surface area contributed by atoms with Crippen LogP contribution < -0.4 is 0 Å². The Hall–Kier alpha value is -0.830. The largest absolute Gasteiger partial charge is 0.390 e. The van der Waals surface area contributed by atoms with Crippen molar-refractivity contribution in [3.05, 3.63) is 11.6 Å². The molecule has 7 nitrogen and oxygen atoms in total. The molecule has 6 N–H and O–H groups in total. The first-order valence-corrected chi connectivity index (χ1v) is 13.4. The second-order valence-corrected chi connectivity index (χ2v) is 13.6. The molecule has 0 aliphatic heterocycles. The van der Waals surface area contributed by atoms with E-state index in [-0.39, 0.29) is 36.4 Å². The molecule has 3 fully saturated rings. The summed E-state index contributed by atoms with van der Waals surface area (Å²) in [6.07, 6.45) is 1.71. The highest BCUT2D eigenvalue weighted by Gasteiger charge is 2.69. The summed E-state index contributed by atoms with van der Waals surface area (Å²) in [6.45, 7) is 10.9. The minimum Gasteiger partial charge on any atom is -0.390 e. The van der Waals surface area contributed by atoms with E-state index in [1.165, 1.54) is 0 Å². The number of aliphatic hydroxyl groups excluding tert-OH is 3. The number of hydrogen-bond donors (Lipinski definition) is 6. The zero-order chi connectivity index (χ0) is 26.4. The average molecular weight is 495 g/mol. The minimum absolute atomic E-state index is 0.0887. The number of ketones is 1. The zero-order valence-corrected chi connectivity index (χ0v) is 22.2. The van der Waals surface area contributed by atoms with Crippen LogP contribution in [-0.4, -0.2) is 71.5 Å². The van der Waals surface area contributed by atoms with Crippen molar-refractivity contribution in [2.45, 2.75) is 122 Å². The summed E-state index contributed by atoms with van der Waals surface area (Å²) in [6, 6.07) is 0. The third kappa shape index (κ3) is 3.88. The van der Waals surface area contributed by atoms with Crippen molar-refractivity contribution in [2.75, 3.05) is 0 Å². The molecule has 0 amide bonds. The molecule has 0 aromatic carbocycles. The molecule has 0 aromatic heterocycles. The summed E-state index contributed by atoms with van der Waals surface area (Å²) >= 11 is 0. The molecular weight excluding hydrogens is 448 g/mol. The Balaban J connectivity index is 1.67. The van der Waals surface area contributed by atoms with Gasteiger partial charge in [0.1, 0.15) is 0 Å². The van der Waals surface area contributed by atoms with Crippen molar-refractivity contribution < 1.29 is 35.4 Å². The molecule has 7 heteroatoms. The van der Waals surface area contributed by atoms with Gasteiger partial charge in [-0.25, -0.2) is 0 Å². The number of allylic oxidation sites excluding steroid dienone is 1. The second-order valence-electron chi connectivity index (χ2n) is 13.6. The van der Waals surface area contributed by atoms with E-state index < -0.39 is 51.9 Å². The van der Waals surface area contributed by atoms with Crippen LogP contribution in [0, 0.1) is 34.5 Å². The molecule has 0 aromatic rings. The fourth-order valence-corrected chi connectivity index (χ4v) is 8.40. The predicted molar refractivity (Wildman–Crippen MR) is 131 cm³/mol. The fourth-order valence-electron chi connectivity index (χ4n) is 8.40. The Kier molecular flexibility index (Phi) is 6.48. The molecule has 0 heterocycles. The molecule has 0 unspecified atom stereocenters. The molecule has 3 saturated carbocycles. The second kappa shape index (κ2) is 8.34. The maximum Gasteiger partial charge on any atom is 0.159 e. The van der Waals surface area contributed by atoms with Crippen LogP contribution in [0.25, 0.3) is 0 Å². The highest BCUT2D eigenvalue weighted by atomic mass is 16.3. The van der Waals surface area contributed by atoms with E-state index in [4.69, 9.17) is 0 Å². The highest BCUT2D eigenvalue weighted by molar-refractivity contribution is 5.95. The van der Waals surface area contributed by atoms with Crippen molar-refractivity contribution in [1.29, 1.82) is 0 Å². The summed E-state index contributed by atoms with van der Waals surface area (Å²) in [5.41, 5.74) is -4.35. The van der Waals surface area contributed by atoms with Gasteiger partial charge < -0.3 is 30.6 Å². The number of aliphatic hydroxyl groups is 6. The van der Waals surface area contributed by atoms with Crippen LogP contribution in [-0.2, 0) is 4.79 Å². The highest BCUT2D eigenvalue weighted by Crippen LogP contribution is 2.68. The van der Waals surface area contributed by atoms with Gasteiger partial charge in [-0.3, -0.25) is 4.79 Å². The molecule has 11 atom stereocenters. The van der Waals surface area contributed by atoms with Gasteiger partial charge in [-0.15, -0.1) is 0 Å². The van der Waals surface area contributed by atoms with Gasteiger partial charge in [-0.05, 0) is 101 Å². The molecule has 4 aliphatic rings. The lowest BCUT2D eigenvalue weighted by Crippen LogP contribution is -2.63. The first kappa shape index (κ1) is 27.2. The van der Waals surface area contributed by atoms with E-state index in [1.54, 1.807) is 26.8 Å². The molecule has 200 valence electrons. The molecule has 35 heavy (non-hydrogen) atoms. The Bertz CT molecular complexity index is 890. The van der Waals surface area contributed by atoms with E-state index in [0.29, 0.717) is 37.7 Å². The quantitative estimate of drug-likeness (QED) is 0.344. The minimum atomic E-state index is -1.48. The van der Waals surface area contributed by atoms with Gasteiger partial charge >= 0.3 is 0 Å². The Morgan fingerprint density at radius 3 is 2.29 bits per heavy atom. The van der Waals surface area contributed by atoms with Crippen molar-refractivity contribution >= 4 is 5.78 Å². The number of fused-ring (bicyclic) bond motifs is 5. The topological polar surface area (TPSA) is 138 Å². The Morgan fingerprint density at radius 2 is 1.69 bits per heavy atom. The number of rotatable bonds is 5. The molecule has 4 rings (SSSR count). The van der Waals surface area contributed by atoms with Crippen molar-refractivity contribution in [1.82, 2.24) is 0 Å². The molecule has 0 saturated heterocycles. The molecule has 0 bridgehead atoms. The summed E-state index contributed by atoms with van der Waals surface area (Å²) in [7, 11) is 0. The molecule has 0 spiro atoms. The van der Waals surface area contributed by atoms with Gasteiger partial charge in [0.15, 0.2) is 5.78 Å². The van der Waals surface area contributed by atoms with Crippen LogP contribution in [0.3, 0.4) is 0 Å². The molecular formula is C28H46O7. The van der Waals surface area contributed by atoms with E-state index in [2.05, 4.69) is 0 Å². The van der Waals surface area contributed by atoms with Crippen LogP contribution in [0.5, 0.6) is 0 Å². The molecule has 4 aliphatic carbocycles. The SMILES string of the molecule is C[C@H](C[C@H](O)[C@@](C)(O)[C@H]1CC[C@@]2(O)C3=CC(=O)[C@@H]4C[C@@H](O)[C@@H](O)C[C@]4(C)[C@H]3CC[C@]12C)C(C)(C)O. The smallest absolute Gasteiger partial charge is 0.159 e. The van der Waals surface area contributed by atoms with E-state index >= 15 is 0 Å². The van der Waals surface area contributed by atoms with Crippen LogP contribution >= 0.6 is 0 Å². The van der Waals surface area contributed by atoms with E-state index in [9.17, 15) is 35.4 Å². The third-order valence-electron chi connectivity index (χ3n) is 11.3. The van der Waals surface area contributed by atoms with E-state index in [0.717, 1.165) is 0 Å². The van der Waals surface area contributed by atoms with Gasteiger partial charge in [0.2, 0.25) is 0 Å². The van der Waals surface area contributed by atoms with Crippen molar-refractivity contribution in [2.24, 2.45) is 34.5 Å². The predicted octanol–water partition coefficient (Wildman–Crippen LogP) is 2.10. The lowest BCUT2D eigenvalue weighted by atomic mass is 9.45. The lowest BCUT2D eigenvalue weighted by Gasteiger charge is -2.60. The van der Waals surface area contributed by atoms with Crippen LogP contribution in [0.15, 0.2) is 11.6 Å². The Morgan fingerprint density at radius 1 is 1.06 bits per heavy atom. The van der Waals surface area contributed by atoms with Crippen molar-refractivity contribution in [3.8, 4) is 0 Å². The van der Waals surface area contributed by atoms with Crippen LogP contribution in [0.2, 0.25) is 0 Å². The van der Waals surface area contributed by atoms with Crippen LogP contribution in [0.1, 0.15) is 86.5 Å². The monoisotopic (exact) mass is 494 g/mol. The third-order valence-corrected chi connectivity index (χ3v) is 11.3. The summed E-state index contributed by atoms with van der Waals surface area (Å²) in [5.74, 6) is -1.21. The standard InChI is InChI=1S/C28H46O7/c1-15(24(2,3)33)11-23(32)27(6,34)22-8-10-28(35)17-12-19(29)18-13-20(30)21(31)14-25(18,4)16(17)7-9-26(22,28)5/h12,15-16,18,20-23,30-35H,7-11,13-14H2,1-6H3/t15-,16+,18+,20-,21+,22+,23+,25-,26-,27+,28-/m1/s1. The van der Waals surface area contributed by atoms with Gasteiger partial charge in [0.25, 0.3) is 0 Å². The zero-order valence-electron chi connectivity index (χ0n) is 22.2. The van der Waals surface area contributed by atoms with Gasteiger partial charge in [0.05, 0.1) is 35.1 Å². The van der Waals surface area contributed by atoms with Gasteiger partial charge in [0, 0.05) is 11.3 Å². The summed E-state index contributed by atoms with van der Waals surface area (Å²) in [5, 5.41) is 66.1. The van der Waals surface area contributed by atoms with Crippen LogP contribution in [0.4, 0.5) is 0 Å². The maximum absolute atomic E-state index is 13.3.